The van der Waals surface area contributed by atoms with Gasteiger partial charge >= 0.3 is 0 Å². The largest absolute Gasteiger partial charge is 0.399 e. The van der Waals surface area contributed by atoms with E-state index >= 15 is 0 Å². The molecule has 2 aromatic carbocycles. The number of rotatable bonds is 4. The molecular weight excluding hydrogens is 248 g/mol. The maximum atomic E-state index is 5.88. The molecule has 0 fully saturated rings. The van der Waals surface area contributed by atoms with E-state index in [4.69, 9.17) is 10.5 Å². The van der Waals surface area contributed by atoms with Crippen LogP contribution in [0.2, 0.25) is 0 Å². The monoisotopic (exact) mass is 268 g/mol. The molecular formula is C17H20N2O. The van der Waals surface area contributed by atoms with Crippen LogP contribution in [0.4, 0.5) is 11.4 Å². The van der Waals surface area contributed by atoms with E-state index in [0.717, 1.165) is 31.8 Å². The normalized spacial score (nSPS) is 13.6. The Kier molecular flexibility index (Phi) is 3.61. The first-order valence-electron chi connectivity index (χ1n) is 6.97. The molecule has 2 N–H and O–H groups in total. The zero-order valence-electron chi connectivity index (χ0n) is 11.8. The third-order valence-electron chi connectivity index (χ3n) is 3.86. The van der Waals surface area contributed by atoms with Crippen molar-refractivity contribution in [1.29, 1.82) is 0 Å². The van der Waals surface area contributed by atoms with Crippen LogP contribution in [0.5, 0.6) is 0 Å². The number of para-hydroxylation sites is 1. The van der Waals surface area contributed by atoms with Crippen LogP contribution in [-0.4, -0.2) is 13.7 Å². The highest BCUT2D eigenvalue weighted by Crippen LogP contribution is 2.31. The van der Waals surface area contributed by atoms with Crippen LogP contribution in [0, 0.1) is 0 Å². The molecule has 0 saturated heterocycles. The van der Waals surface area contributed by atoms with Crippen molar-refractivity contribution in [3.63, 3.8) is 0 Å². The predicted octanol–water partition coefficient (Wildman–Crippen LogP) is 2.98. The summed E-state index contributed by atoms with van der Waals surface area (Å²) >= 11 is 0. The molecule has 1 heterocycles. The Balaban J connectivity index is 1.85. The van der Waals surface area contributed by atoms with Gasteiger partial charge in [-0.1, -0.05) is 24.3 Å². The molecule has 1 aliphatic heterocycles. The molecule has 1 aliphatic rings. The predicted molar refractivity (Wildman–Crippen MR) is 82.8 cm³/mol. The van der Waals surface area contributed by atoms with Gasteiger partial charge in [0.1, 0.15) is 0 Å². The number of fused-ring (bicyclic) bond motifs is 1. The summed E-state index contributed by atoms with van der Waals surface area (Å²) in [5.41, 5.74) is 12.1. The fourth-order valence-corrected chi connectivity index (χ4v) is 2.83. The Morgan fingerprint density at radius 2 is 1.90 bits per heavy atom. The van der Waals surface area contributed by atoms with Crippen LogP contribution in [0.15, 0.2) is 42.5 Å². The van der Waals surface area contributed by atoms with Crippen LogP contribution in [0.1, 0.15) is 16.7 Å². The van der Waals surface area contributed by atoms with E-state index in [1.165, 1.54) is 22.4 Å². The Hall–Kier alpha value is -2.00. The lowest BCUT2D eigenvalue weighted by molar-refractivity contribution is 0.202. The van der Waals surface area contributed by atoms with Gasteiger partial charge in [-0.15, -0.1) is 0 Å². The summed E-state index contributed by atoms with van der Waals surface area (Å²) < 4.78 is 5.21. The number of methoxy groups -OCH3 is 1. The molecule has 3 nitrogen and oxygen atoms in total. The van der Waals surface area contributed by atoms with Crippen LogP contribution >= 0.6 is 0 Å². The molecule has 0 unspecified atom stereocenters. The van der Waals surface area contributed by atoms with Gasteiger partial charge in [0.2, 0.25) is 0 Å². The van der Waals surface area contributed by atoms with Crippen molar-refractivity contribution in [2.24, 2.45) is 0 Å². The summed E-state index contributed by atoms with van der Waals surface area (Å²) in [6.45, 7) is 2.65. The summed E-state index contributed by atoms with van der Waals surface area (Å²) in [5.74, 6) is 0. The molecule has 0 radical (unpaired) electrons. The molecule has 104 valence electrons. The third-order valence-corrected chi connectivity index (χ3v) is 3.86. The summed E-state index contributed by atoms with van der Waals surface area (Å²) in [5, 5.41) is 0. The molecule has 0 aromatic heterocycles. The Morgan fingerprint density at radius 3 is 2.75 bits per heavy atom. The fraction of sp³-hybridized carbons (Fsp3) is 0.294. The first kappa shape index (κ1) is 13.0. The van der Waals surface area contributed by atoms with Gasteiger partial charge in [-0.25, -0.2) is 0 Å². The maximum Gasteiger partial charge on any atom is 0.0503 e. The minimum absolute atomic E-state index is 0.755. The SMILES string of the molecule is COCCc1ccccc1N1Cc2ccc(N)cc2C1. The summed E-state index contributed by atoms with van der Waals surface area (Å²) in [4.78, 5) is 2.41. The van der Waals surface area contributed by atoms with Gasteiger partial charge in [0.05, 0.1) is 6.61 Å². The summed E-state index contributed by atoms with van der Waals surface area (Å²) in [6, 6.07) is 14.8. The van der Waals surface area contributed by atoms with Crippen molar-refractivity contribution >= 4 is 11.4 Å². The number of hydrogen-bond acceptors (Lipinski definition) is 3. The maximum absolute atomic E-state index is 5.88. The molecule has 0 bridgehead atoms. The van der Waals surface area contributed by atoms with Gasteiger partial charge in [-0.3, -0.25) is 0 Å². The molecule has 20 heavy (non-hydrogen) atoms. The highest BCUT2D eigenvalue weighted by molar-refractivity contribution is 5.59. The number of hydrogen-bond donors (Lipinski definition) is 1. The van der Waals surface area contributed by atoms with E-state index in [1.807, 2.05) is 6.07 Å². The van der Waals surface area contributed by atoms with Gasteiger partial charge in [0.15, 0.2) is 0 Å². The standard InChI is InChI=1S/C17H20N2O/c1-20-9-8-13-4-2-3-5-17(13)19-11-14-6-7-16(18)10-15(14)12-19/h2-7,10H,8-9,11-12,18H2,1H3. The molecule has 0 aliphatic carbocycles. The van der Waals surface area contributed by atoms with Gasteiger partial charge < -0.3 is 15.4 Å². The zero-order chi connectivity index (χ0) is 13.9. The summed E-state index contributed by atoms with van der Waals surface area (Å²) in [7, 11) is 1.75. The third kappa shape index (κ3) is 2.49. The van der Waals surface area contributed by atoms with Crippen molar-refractivity contribution in [2.75, 3.05) is 24.4 Å². The molecule has 0 atom stereocenters. The number of nitrogens with two attached hydrogens (primary N) is 1. The molecule has 2 aromatic rings. The number of nitrogens with zero attached hydrogens (tertiary/aromatic N) is 1. The van der Waals surface area contributed by atoms with E-state index in [-0.39, 0.29) is 0 Å². The van der Waals surface area contributed by atoms with Gasteiger partial charge in [0, 0.05) is 31.6 Å². The van der Waals surface area contributed by atoms with E-state index < -0.39 is 0 Å². The minimum Gasteiger partial charge on any atom is -0.399 e. The van der Waals surface area contributed by atoms with E-state index in [1.54, 1.807) is 7.11 Å². The van der Waals surface area contributed by atoms with Crippen LogP contribution in [0.25, 0.3) is 0 Å². The molecule has 0 spiro atoms. The topological polar surface area (TPSA) is 38.5 Å². The Labute approximate surface area is 120 Å². The van der Waals surface area contributed by atoms with E-state index in [2.05, 4.69) is 41.3 Å². The number of nitrogen functional groups attached to an aromatic ring is 1. The smallest absolute Gasteiger partial charge is 0.0503 e. The number of benzene rings is 2. The van der Waals surface area contributed by atoms with Crippen LogP contribution < -0.4 is 10.6 Å². The average Bonchev–Trinajstić information content (AvgIpc) is 2.88. The minimum atomic E-state index is 0.755. The Morgan fingerprint density at radius 1 is 1.10 bits per heavy atom. The molecule has 3 rings (SSSR count). The van der Waals surface area contributed by atoms with E-state index in [9.17, 15) is 0 Å². The van der Waals surface area contributed by atoms with Crippen molar-refractivity contribution < 1.29 is 4.74 Å². The lowest BCUT2D eigenvalue weighted by atomic mass is 10.1. The first-order valence-corrected chi connectivity index (χ1v) is 6.97. The quantitative estimate of drug-likeness (QED) is 0.866. The van der Waals surface area contributed by atoms with Crippen LogP contribution in [0.3, 0.4) is 0 Å². The number of anilines is 2. The van der Waals surface area contributed by atoms with E-state index in [0.29, 0.717) is 0 Å². The van der Waals surface area contributed by atoms with Gasteiger partial charge in [0.25, 0.3) is 0 Å². The first-order chi connectivity index (χ1) is 9.78. The van der Waals surface area contributed by atoms with Crippen LogP contribution in [-0.2, 0) is 24.2 Å². The molecule has 0 amide bonds. The van der Waals surface area contributed by atoms with Crippen molar-refractivity contribution in [3.05, 3.63) is 59.2 Å². The summed E-state index contributed by atoms with van der Waals surface area (Å²) in [6.07, 6.45) is 0.946. The Bertz CT molecular complexity index is 610. The second-order valence-electron chi connectivity index (χ2n) is 5.26. The molecule has 3 heteroatoms. The van der Waals surface area contributed by atoms with Gasteiger partial charge in [-0.2, -0.15) is 0 Å². The average molecular weight is 268 g/mol. The van der Waals surface area contributed by atoms with Crippen molar-refractivity contribution in [1.82, 2.24) is 0 Å². The fourth-order valence-electron chi connectivity index (χ4n) is 2.83. The zero-order valence-corrected chi connectivity index (χ0v) is 11.8. The highest BCUT2D eigenvalue weighted by atomic mass is 16.5. The van der Waals surface area contributed by atoms with Gasteiger partial charge in [-0.05, 0) is 41.3 Å². The second kappa shape index (κ2) is 5.55. The highest BCUT2D eigenvalue weighted by Gasteiger charge is 2.20. The lowest BCUT2D eigenvalue weighted by Gasteiger charge is -2.21. The lowest BCUT2D eigenvalue weighted by Crippen LogP contribution is -2.16. The number of ether oxygens (including phenoxy) is 1. The van der Waals surface area contributed by atoms with Crippen molar-refractivity contribution in [3.8, 4) is 0 Å². The molecule has 0 saturated carbocycles. The van der Waals surface area contributed by atoms with Crippen molar-refractivity contribution in [2.45, 2.75) is 19.5 Å². The second-order valence-corrected chi connectivity index (χ2v) is 5.26.